The van der Waals surface area contributed by atoms with Gasteiger partial charge in [0.05, 0.1) is 19.3 Å². The van der Waals surface area contributed by atoms with Crippen LogP contribution in [0.25, 0.3) is 0 Å². The van der Waals surface area contributed by atoms with E-state index < -0.39 is 30.4 Å². The lowest BCUT2D eigenvalue weighted by Crippen LogP contribution is -2.51. The summed E-state index contributed by atoms with van der Waals surface area (Å²) in [5.41, 5.74) is 5.62. The molecule has 1 aliphatic heterocycles. The Kier molecular flexibility index (Phi) is 8.30. The highest BCUT2D eigenvalue weighted by Crippen LogP contribution is 2.28. The Labute approximate surface area is 171 Å². The van der Waals surface area contributed by atoms with Gasteiger partial charge in [0.15, 0.2) is 18.1 Å². The van der Waals surface area contributed by atoms with Gasteiger partial charge in [0.2, 0.25) is 5.91 Å². The van der Waals surface area contributed by atoms with Crippen molar-refractivity contribution in [3.63, 3.8) is 0 Å². The minimum absolute atomic E-state index is 0.246. The van der Waals surface area contributed by atoms with Crippen molar-refractivity contribution in [1.82, 2.24) is 4.90 Å². The molecule has 160 valence electrons. The van der Waals surface area contributed by atoms with Crippen molar-refractivity contribution in [3.8, 4) is 11.5 Å². The molecule has 2 amide bonds. The largest absolute Gasteiger partial charge is 0.493 e. The number of likely N-dealkylation sites (tertiary alicyclic amines) is 1. The van der Waals surface area contributed by atoms with Gasteiger partial charge in [0.1, 0.15) is 6.04 Å². The Bertz CT molecular complexity index is 734. The average Bonchev–Trinajstić information content (AvgIpc) is 2.71. The third kappa shape index (κ3) is 6.37. The summed E-state index contributed by atoms with van der Waals surface area (Å²) in [6, 6.07) is 4.08. The molecule has 29 heavy (non-hydrogen) atoms. The van der Waals surface area contributed by atoms with Crippen molar-refractivity contribution < 1.29 is 28.6 Å². The lowest BCUT2D eigenvalue weighted by molar-refractivity contribution is -0.143. The predicted octanol–water partition coefficient (Wildman–Crippen LogP) is 2.14. The van der Waals surface area contributed by atoms with Crippen LogP contribution in [0.4, 0.5) is 0 Å². The van der Waals surface area contributed by atoms with Crippen LogP contribution in [0.2, 0.25) is 0 Å². The maximum atomic E-state index is 12.4. The molecule has 0 saturated carbocycles. The summed E-state index contributed by atoms with van der Waals surface area (Å²) in [6.07, 6.45) is 3.06. The van der Waals surface area contributed by atoms with Gasteiger partial charge in [0, 0.05) is 6.54 Å². The van der Waals surface area contributed by atoms with Crippen molar-refractivity contribution in [2.24, 2.45) is 11.7 Å². The highest BCUT2D eigenvalue weighted by molar-refractivity contribution is 5.93. The van der Waals surface area contributed by atoms with Crippen LogP contribution in [0, 0.1) is 5.92 Å². The van der Waals surface area contributed by atoms with Crippen molar-refractivity contribution >= 4 is 17.8 Å². The molecule has 0 aromatic heterocycles. The number of nitrogens with zero attached hydrogens (tertiary/aromatic N) is 1. The van der Waals surface area contributed by atoms with Gasteiger partial charge in [0.25, 0.3) is 5.91 Å². The first-order valence-corrected chi connectivity index (χ1v) is 9.90. The number of hydrogen-bond acceptors (Lipinski definition) is 6. The van der Waals surface area contributed by atoms with Crippen LogP contribution in [-0.2, 0) is 14.3 Å². The molecular weight excluding hydrogens is 376 g/mol. The molecule has 1 aromatic carbocycles. The van der Waals surface area contributed by atoms with E-state index in [1.54, 1.807) is 12.1 Å². The molecule has 0 radical (unpaired) electrons. The molecule has 0 unspecified atom stereocenters. The van der Waals surface area contributed by atoms with Crippen LogP contribution >= 0.6 is 0 Å². The summed E-state index contributed by atoms with van der Waals surface area (Å²) >= 11 is 0. The third-order valence-electron chi connectivity index (χ3n) is 4.83. The normalized spacial score (nSPS) is 16.4. The summed E-state index contributed by atoms with van der Waals surface area (Å²) < 4.78 is 16.1. The van der Waals surface area contributed by atoms with Gasteiger partial charge in [-0.25, -0.2) is 4.79 Å². The second kappa shape index (κ2) is 10.7. The van der Waals surface area contributed by atoms with Crippen LogP contribution in [0.15, 0.2) is 18.2 Å². The topological polar surface area (TPSA) is 108 Å². The van der Waals surface area contributed by atoms with Crippen molar-refractivity contribution in [2.75, 3.05) is 26.9 Å². The standard InChI is InChI=1S/C21H30N2O6/c1-14(2)9-11-28-17-8-7-15(12-18(17)27-3)21(26)29-13-19(24)23-10-5-4-6-16(23)20(22)25/h7-8,12,14,16H,4-6,9-11,13H2,1-3H3,(H2,22,25)/t16-/m1/s1. The fraction of sp³-hybridized carbons (Fsp3) is 0.571. The highest BCUT2D eigenvalue weighted by Gasteiger charge is 2.31. The Hall–Kier alpha value is -2.77. The zero-order valence-electron chi connectivity index (χ0n) is 17.3. The minimum Gasteiger partial charge on any atom is -0.493 e. The number of ether oxygens (including phenoxy) is 3. The van der Waals surface area contributed by atoms with Gasteiger partial charge in [-0.05, 0) is 49.8 Å². The molecule has 1 atom stereocenters. The maximum absolute atomic E-state index is 12.4. The lowest BCUT2D eigenvalue weighted by Gasteiger charge is -2.33. The van der Waals surface area contributed by atoms with E-state index in [4.69, 9.17) is 19.9 Å². The molecule has 8 heteroatoms. The van der Waals surface area contributed by atoms with Crippen LogP contribution < -0.4 is 15.2 Å². The zero-order valence-corrected chi connectivity index (χ0v) is 17.3. The van der Waals surface area contributed by atoms with Gasteiger partial charge in [-0.2, -0.15) is 0 Å². The average molecular weight is 406 g/mol. The van der Waals surface area contributed by atoms with E-state index in [1.807, 2.05) is 0 Å². The van der Waals surface area contributed by atoms with Gasteiger partial charge in [-0.3, -0.25) is 9.59 Å². The van der Waals surface area contributed by atoms with Gasteiger partial charge in [-0.1, -0.05) is 13.8 Å². The number of hydrogen-bond donors (Lipinski definition) is 1. The molecule has 0 spiro atoms. The summed E-state index contributed by atoms with van der Waals surface area (Å²) in [5, 5.41) is 0. The van der Waals surface area contributed by atoms with Gasteiger partial charge in [-0.15, -0.1) is 0 Å². The van der Waals surface area contributed by atoms with E-state index in [2.05, 4.69) is 13.8 Å². The highest BCUT2D eigenvalue weighted by atomic mass is 16.5. The van der Waals surface area contributed by atoms with Crippen LogP contribution in [0.3, 0.4) is 0 Å². The molecular formula is C21H30N2O6. The first-order chi connectivity index (χ1) is 13.8. The number of esters is 1. The van der Waals surface area contributed by atoms with Crippen molar-refractivity contribution in [2.45, 2.75) is 45.6 Å². The first-order valence-electron chi connectivity index (χ1n) is 9.90. The first kappa shape index (κ1) is 22.5. The van der Waals surface area contributed by atoms with E-state index in [1.165, 1.54) is 18.1 Å². The number of carbonyl (C=O) groups excluding carboxylic acids is 3. The molecule has 1 saturated heterocycles. The summed E-state index contributed by atoms with van der Waals surface area (Å²) in [4.78, 5) is 37.7. The quantitative estimate of drug-likeness (QED) is 0.630. The number of benzene rings is 1. The molecule has 0 aliphatic carbocycles. The van der Waals surface area contributed by atoms with E-state index in [0.717, 1.165) is 19.3 Å². The zero-order chi connectivity index (χ0) is 21.4. The van der Waals surface area contributed by atoms with E-state index >= 15 is 0 Å². The minimum atomic E-state index is -0.655. The fourth-order valence-corrected chi connectivity index (χ4v) is 3.14. The second-order valence-corrected chi connectivity index (χ2v) is 7.47. The Morgan fingerprint density at radius 2 is 1.97 bits per heavy atom. The van der Waals surface area contributed by atoms with E-state index in [0.29, 0.717) is 37.0 Å². The second-order valence-electron chi connectivity index (χ2n) is 7.47. The number of amides is 2. The fourth-order valence-electron chi connectivity index (χ4n) is 3.14. The molecule has 1 fully saturated rings. The molecule has 1 heterocycles. The number of rotatable bonds is 9. The molecule has 1 aliphatic rings. The monoisotopic (exact) mass is 406 g/mol. The molecule has 8 nitrogen and oxygen atoms in total. The van der Waals surface area contributed by atoms with Crippen molar-refractivity contribution in [1.29, 1.82) is 0 Å². The molecule has 0 bridgehead atoms. The maximum Gasteiger partial charge on any atom is 0.338 e. The van der Waals surface area contributed by atoms with Crippen LogP contribution in [-0.4, -0.2) is 55.6 Å². The summed E-state index contributed by atoms with van der Waals surface area (Å²) in [7, 11) is 1.49. The van der Waals surface area contributed by atoms with Crippen LogP contribution in [0.1, 0.15) is 49.9 Å². The number of carbonyl (C=O) groups is 3. The van der Waals surface area contributed by atoms with E-state index in [9.17, 15) is 14.4 Å². The molecule has 2 N–H and O–H groups in total. The lowest BCUT2D eigenvalue weighted by atomic mass is 10.0. The third-order valence-corrected chi connectivity index (χ3v) is 4.83. The molecule has 1 aromatic rings. The number of methoxy groups -OCH3 is 1. The Morgan fingerprint density at radius 3 is 2.62 bits per heavy atom. The number of primary amides is 1. The van der Waals surface area contributed by atoms with E-state index in [-0.39, 0.29) is 5.56 Å². The molecule has 2 rings (SSSR count). The predicted molar refractivity (Wildman–Crippen MR) is 107 cm³/mol. The Balaban J connectivity index is 1.95. The van der Waals surface area contributed by atoms with Crippen molar-refractivity contribution in [3.05, 3.63) is 23.8 Å². The number of nitrogens with two attached hydrogens (primary N) is 1. The number of piperidine rings is 1. The SMILES string of the molecule is COc1cc(C(=O)OCC(=O)N2CCCC[C@@H]2C(N)=O)ccc1OCCC(C)C. The van der Waals surface area contributed by atoms with Gasteiger partial charge >= 0.3 is 5.97 Å². The Morgan fingerprint density at radius 1 is 1.21 bits per heavy atom. The summed E-state index contributed by atoms with van der Waals surface area (Å²) in [5.74, 6) is -0.151. The van der Waals surface area contributed by atoms with Gasteiger partial charge < -0.3 is 24.8 Å². The van der Waals surface area contributed by atoms with Crippen LogP contribution in [0.5, 0.6) is 11.5 Å². The smallest absolute Gasteiger partial charge is 0.338 e. The summed E-state index contributed by atoms with van der Waals surface area (Å²) in [6.45, 7) is 4.74.